The Hall–Kier alpha value is -3.55. The SMILES string of the molecule is C[C@H](NC(=O)CCc1ncc(-c2ccc(F)cc2F)o1)c1ccc(NC(=O)C2CC2)cc1. The van der Waals surface area contributed by atoms with Crippen LogP contribution in [0.5, 0.6) is 0 Å². The van der Waals surface area contributed by atoms with Crippen LogP contribution >= 0.6 is 0 Å². The van der Waals surface area contributed by atoms with Gasteiger partial charge in [0.05, 0.1) is 17.8 Å². The molecule has 0 bridgehead atoms. The standard InChI is InChI=1S/C24H23F2N3O3/c1-14(15-4-7-18(8-5-15)29-24(31)16-2-3-16)28-22(30)10-11-23-27-13-21(32-23)19-9-6-17(25)12-20(19)26/h4-9,12-14,16H,2-3,10-11H2,1H3,(H,28,30)(H,29,31)/t14-/m0/s1. The van der Waals surface area contributed by atoms with Gasteiger partial charge in [-0.15, -0.1) is 0 Å². The molecule has 4 rings (SSSR count). The van der Waals surface area contributed by atoms with Crippen LogP contribution in [0.4, 0.5) is 14.5 Å². The molecule has 0 saturated heterocycles. The zero-order valence-corrected chi connectivity index (χ0v) is 17.5. The van der Waals surface area contributed by atoms with E-state index in [1.807, 2.05) is 31.2 Å². The lowest BCUT2D eigenvalue weighted by molar-refractivity contribution is -0.121. The number of carbonyl (C=O) groups is 2. The third-order valence-corrected chi connectivity index (χ3v) is 5.32. The van der Waals surface area contributed by atoms with Crippen molar-refractivity contribution in [1.82, 2.24) is 10.3 Å². The highest BCUT2D eigenvalue weighted by Gasteiger charge is 2.29. The fraction of sp³-hybridized carbons (Fsp3) is 0.292. The minimum atomic E-state index is -0.739. The third kappa shape index (κ3) is 5.38. The van der Waals surface area contributed by atoms with Crippen molar-refractivity contribution < 1.29 is 22.8 Å². The lowest BCUT2D eigenvalue weighted by atomic mass is 10.1. The summed E-state index contributed by atoms with van der Waals surface area (Å²) in [6.45, 7) is 1.87. The number of hydrogen-bond acceptors (Lipinski definition) is 4. The van der Waals surface area contributed by atoms with Gasteiger partial charge in [0.25, 0.3) is 0 Å². The van der Waals surface area contributed by atoms with E-state index < -0.39 is 11.6 Å². The Kier molecular flexibility index (Phi) is 6.30. The second-order valence-corrected chi connectivity index (χ2v) is 7.92. The molecule has 1 saturated carbocycles. The van der Waals surface area contributed by atoms with Crippen LogP contribution in [0.2, 0.25) is 0 Å². The van der Waals surface area contributed by atoms with Crippen molar-refractivity contribution in [3.8, 4) is 11.3 Å². The molecule has 2 N–H and O–H groups in total. The fourth-order valence-electron chi connectivity index (χ4n) is 3.30. The van der Waals surface area contributed by atoms with E-state index in [9.17, 15) is 18.4 Å². The Bertz CT molecular complexity index is 1120. The first-order chi connectivity index (χ1) is 15.4. The molecule has 8 heteroatoms. The zero-order valence-electron chi connectivity index (χ0n) is 17.5. The molecule has 32 heavy (non-hydrogen) atoms. The van der Waals surface area contributed by atoms with Crippen molar-refractivity contribution in [3.63, 3.8) is 0 Å². The van der Waals surface area contributed by atoms with E-state index >= 15 is 0 Å². The minimum Gasteiger partial charge on any atom is -0.441 e. The van der Waals surface area contributed by atoms with Crippen LogP contribution in [-0.4, -0.2) is 16.8 Å². The number of hydrogen-bond donors (Lipinski definition) is 2. The van der Waals surface area contributed by atoms with Gasteiger partial charge in [-0.3, -0.25) is 9.59 Å². The van der Waals surface area contributed by atoms with E-state index in [1.165, 1.54) is 12.3 Å². The van der Waals surface area contributed by atoms with Gasteiger partial charge in [0.15, 0.2) is 11.7 Å². The molecule has 6 nitrogen and oxygen atoms in total. The molecule has 0 spiro atoms. The maximum atomic E-state index is 13.9. The van der Waals surface area contributed by atoms with Crippen LogP contribution in [0.15, 0.2) is 53.1 Å². The Morgan fingerprint density at radius 3 is 2.59 bits per heavy atom. The largest absolute Gasteiger partial charge is 0.441 e. The number of halogens is 2. The van der Waals surface area contributed by atoms with Gasteiger partial charge in [-0.2, -0.15) is 0 Å². The van der Waals surface area contributed by atoms with Gasteiger partial charge in [0, 0.05) is 30.5 Å². The highest BCUT2D eigenvalue weighted by Crippen LogP contribution is 2.30. The number of oxazole rings is 1. The number of carbonyl (C=O) groups excluding carboxylic acids is 2. The molecule has 1 heterocycles. The van der Waals surface area contributed by atoms with Gasteiger partial charge >= 0.3 is 0 Å². The van der Waals surface area contributed by atoms with E-state index in [4.69, 9.17) is 4.42 Å². The molecule has 1 fully saturated rings. The predicted molar refractivity (Wildman–Crippen MR) is 115 cm³/mol. The molecule has 1 aliphatic rings. The van der Waals surface area contributed by atoms with Gasteiger partial charge in [-0.1, -0.05) is 12.1 Å². The van der Waals surface area contributed by atoms with Crippen molar-refractivity contribution in [2.45, 2.75) is 38.6 Å². The normalized spacial score (nSPS) is 14.1. The number of benzene rings is 2. The van der Waals surface area contributed by atoms with Crippen LogP contribution < -0.4 is 10.6 Å². The molecule has 1 atom stereocenters. The molecule has 1 aromatic heterocycles. The summed E-state index contributed by atoms with van der Waals surface area (Å²) in [5, 5.41) is 5.79. The van der Waals surface area contributed by atoms with Crippen LogP contribution in [0, 0.1) is 17.6 Å². The van der Waals surface area contributed by atoms with Crippen LogP contribution in [-0.2, 0) is 16.0 Å². The van der Waals surface area contributed by atoms with E-state index in [0.717, 1.165) is 36.2 Å². The van der Waals surface area contributed by atoms with Gasteiger partial charge < -0.3 is 15.1 Å². The maximum absolute atomic E-state index is 13.9. The molecular weight excluding hydrogens is 416 g/mol. The molecular formula is C24H23F2N3O3. The fourth-order valence-corrected chi connectivity index (χ4v) is 3.30. The first-order valence-corrected chi connectivity index (χ1v) is 10.5. The Balaban J connectivity index is 1.27. The maximum Gasteiger partial charge on any atom is 0.227 e. The van der Waals surface area contributed by atoms with Crippen LogP contribution in [0.1, 0.15) is 43.7 Å². The number of amides is 2. The highest BCUT2D eigenvalue weighted by atomic mass is 19.1. The van der Waals surface area contributed by atoms with Crippen LogP contribution in [0.25, 0.3) is 11.3 Å². The summed E-state index contributed by atoms with van der Waals surface area (Å²) in [6.07, 6.45) is 3.64. The molecule has 1 aliphatic carbocycles. The van der Waals surface area contributed by atoms with Crippen molar-refractivity contribution in [2.75, 3.05) is 5.32 Å². The van der Waals surface area contributed by atoms with Gasteiger partial charge in [0.2, 0.25) is 11.8 Å². The average molecular weight is 439 g/mol. The average Bonchev–Trinajstić information content (AvgIpc) is 3.52. The lowest BCUT2D eigenvalue weighted by Gasteiger charge is -2.15. The summed E-state index contributed by atoms with van der Waals surface area (Å²) in [5.41, 5.74) is 1.76. The number of anilines is 1. The van der Waals surface area contributed by atoms with E-state index in [1.54, 1.807) is 0 Å². The summed E-state index contributed by atoms with van der Waals surface area (Å²) in [4.78, 5) is 28.2. The Labute approximate surface area is 184 Å². The minimum absolute atomic E-state index is 0.0518. The molecule has 2 aromatic carbocycles. The van der Waals surface area contributed by atoms with Crippen molar-refractivity contribution in [3.05, 3.63) is 71.8 Å². The summed E-state index contributed by atoms with van der Waals surface area (Å²) in [5.74, 6) is -0.927. The second-order valence-electron chi connectivity index (χ2n) is 7.92. The van der Waals surface area contributed by atoms with Gasteiger partial charge in [-0.25, -0.2) is 13.8 Å². The van der Waals surface area contributed by atoms with E-state index in [-0.39, 0.29) is 47.9 Å². The monoisotopic (exact) mass is 439 g/mol. The molecule has 2 amide bonds. The Morgan fingerprint density at radius 2 is 1.91 bits per heavy atom. The number of rotatable bonds is 8. The van der Waals surface area contributed by atoms with Crippen LogP contribution in [0.3, 0.4) is 0 Å². The molecule has 0 radical (unpaired) electrons. The first kappa shape index (κ1) is 21.7. The summed E-state index contributed by atoms with van der Waals surface area (Å²) in [6, 6.07) is 10.4. The van der Waals surface area contributed by atoms with E-state index in [0.29, 0.717) is 5.89 Å². The smallest absolute Gasteiger partial charge is 0.227 e. The number of nitrogens with zero attached hydrogens (tertiary/aromatic N) is 1. The molecule has 166 valence electrons. The summed E-state index contributed by atoms with van der Waals surface area (Å²) >= 11 is 0. The Morgan fingerprint density at radius 1 is 1.16 bits per heavy atom. The predicted octanol–water partition coefficient (Wildman–Crippen LogP) is 4.78. The van der Waals surface area contributed by atoms with Gasteiger partial charge in [-0.05, 0) is 49.6 Å². The molecule has 0 aliphatic heterocycles. The van der Waals surface area contributed by atoms with Crippen molar-refractivity contribution >= 4 is 17.5 Å². The van der Waals surface area contributed by atoms with Crippen molar-refractivity contribution in [2.24, 2.45) is 5.92 Å². The quantitative estimate of drug-likeness (QED) is 0.529. The van der Waals surface area contributed by atoms with Gasteiger partial charge in [0.1, 0.15) is 11.6 Å². The summed E-state index contributed by atoms with van der Waals surface area (Å²) in [7, 11) is 0. The number of aryl methyl sites for hydroxylation is 1. The highest BCUT2D eigenvalue weighted by molar-refractivity contribution is 5.94. The number of aromatic nitrogens is 1. The number of nitrogens with one attached hydrogen (secondary N) is 2. The summed E-state index contributed by atoms with van der Waals surface area (Å²) < 4.78 is 32.4. The second kappa shape index (κ2) is 9.30. The van der Waals surface area contributed by atoms with Crippen molar-refractivity contribution in [1.29, 1.82) is 0 Å². The topological polar surface area (TPSA) is 84.2 Å². The third-order valence-electron chi connectivity index (χ3n) is 5.32. The molecule has 3 aromatic rings. The lowest BCUT2D eigenvalue weighted by Crippen LogP contribution is -2.26. The first-order valence-electron chi connectivity index (χ1n) is 10.5. The zero-order chi connectivity index (χ0) is 22.7. The molecule has 0 unspecified atom stereocenters. The van der Waals surface area contributed by atoms with E-state index in [2.05, 4.69) is 15.6 Å².